The lowest BCUT2D eigenvalue weighted by Gasteiger charge is -2.12. The molecule has 0 bridgehead atoms. The van der Waals surface area contributed by atoms with Crippen molar-refractivity contribution >= 4 is 22.3 Å². The molecule has 3 N–H and O–H groups in total. The number of nitrogens with one attached hydrogen (secondary N) is 2. The van der Waals surface area contributed by atoms with Crippen LogP contribution in [-0.4, -0.2) is 19.2 Å². The molecule has 0 fully saturated rings. The van der Waals surface area contributed by atoms with Crippen molar-refractivity contribution < 1.29 is 19.4 Å². The van der Waals surface area contributed by atoms with Gasteiger partial charge in [0.25, 0.3) is 0 Å². The summed E-state index contributed by atoms with van der Waals surface area (Å²) in [5.74, 6) is 0.201. The molecule has 120 valence electrons. The molecule has 0 spiro atoms. The summed E-state index contributed by atoms with van der Waals surface area (Å²) >= 11 is 1.55. The average molecular weight is 332 g/mol. The smallest absolute Gasteiger partial charge is 0.232 e. The van der Waals surface area contributed by atoms with Crippen LogP contribution in [0.3, 0.4) is 0 Å². The van der Waals surface area contributed by atoms with Crippen LogP contribution < -0.4 is 15.3 Å². The molecule has 3 aromatic rings. The number of fused-ring (bicyclic) bond motifs is 1. The molecule has 6 heteroatoms. The van der Waals surface area contributed by atoms with Crippen molar-refractivity contribution in [3.63, 3.8) is 0 Å². The Kier molecular flexibility index (Phi) is 3.95. The zero-order valence-corrected chi connectivity index (χ0v) is 14.4. The summed E-state index contributed by atoms with van der Waals surface area (Å²) in [6.45, 7) is 4.36. The predicted molar refractivity (Wildman–Crippen MR) is 90.0 cm³/mol. The molecule has 1 aromatic carbocycles. The number of H-pyrrole nitrogens is 1. The molecule has 0 radical (unpaired) electrons. The van der Waals surface area contributed by atoms with Crippen LogP contribution >= 0.6 is 11.3 Å². The molecule has 2 aromatic heterocycles. The van der Waals surface area contributed by atoms with Crippen LogP contribution in [0, 0.1) is 13.8 Å². The standard InChI is InChI=1S/C17H18N2O3S/c1-9-15(20)11(6-19(3)4)5-12-16(21)13(7-22-17(9)12)14-8-23-10(2)18-14/h5,7-8,20H,6H2,1-4H3/p+2. The summed E-state index contributed by atoms with van der Waals surface area (Å²) in [5.41, 5.74) is 2.99. The second-order valence-corrected chi connectivity index (χ2v) is 7.16. The number of aromatic hydroxyl groups is 1. The van der Waals surface area contributed by atoms with Gasteiger partial charge in [0.05, 0.1) is 24.9 Å². The fourth-order valence-electron chi connectivity index (χ4n) is 2.72. The van der Waals surface area contributed by atoms with Crippen molar-refractivity contribution in [2.24, 2.45) is 0 Å². The number of benzene rings is 1. The first-order valence-corrected chi connectivity index (χ1v) is 8.30. The lowest BCUT2D eigenvalue weighted by atomic mass is 10.0. The Morgan fingerprint density at radius 1 is 1.35 bits per heavy atom. The molecule has 0 aliphatic rings. The zero-order valence-electron chi connectivity index (χ0n) is 13.6. The summed E-state index contributed by atoms with van der Waals surface area (Å²) in [6.07, 6.45) is 1.46. The summed E-state index contributed by atoms with van der Waals surface area (Å²) < 4.78 is 5.68. The van der Waals surface area contributed by atoms with E-state index >= 15 is 0 Å². The Bertz CT molecular complexity index is 941. The third-order valence-electron chi connectivity index (χ3n) is 3.85. The van der Waals surface area contributed by atoms with Crippen molar-refractivity contribution in [2.75, 3.05) is 14.1 Å². The predicted octanol–water partition coefficient (Wildman–Crippen LogP) is 1.30. The number of phenols is 1. The minimum atomic E-state index is -0.0848. The van der Waals surface area contributed by atoms with Gasteiger partial charge in [-0.25, -0.2) is 0 Å². The lowest BCUT2D eigenvalue weighted by molar-refractivity contribution is -0.872. The molecule has 0 aliphatic heterocycles. The number of rotatable bonds is 3. The number of quaternary nitrogens is 1. The minimum Gasteiger partial charge on any atom is -0.507 e. The first-order chi connectivity index (χ1) is 10.9. The summed E-state index contributed by atoms with van der Waals surface area (Å²) in [7, 11) is 4.00. The van der Waals surface area contributed by atoms with E-state index in [1.807, 2.05) is 26.4 Å². The molecule has 0 aliphatic carbocycles. The number of aryl methyl sites for hydroxylation is 2. The number of phenolic OH excluding ortho intramolecular Hbond substituents is 1. The van der Waals surface area contributed by atoms with Gasteiger partial charge in [0.2, 0.25) is 16.1 Å². The molecule has 0 saturated carbocycles. The Labute approximate surface area is 137 Å². The summed E-state index contributed by atoms with van der Waals surface area (Å²) in [6, 6.07) is 1.75. The Balaban J connectivity index is 2.28. The average Bonchev–Trinajstić information content (AvgIpc) is 2.91. The highest BCUT2D eigenvalue weighted by molar-refractivity contribution is 7.09. The molecular formula is C17H20N2O3S+2. The first kappa shape index (κ1) is 15.7. The van der Waals surface area contributed by atoms with Gasteiger partial charge in [0.1, 0.15) is 29.7 Å². The van der Waals surface area contributed by atoms with Crippen LogP contribution in [0.4, 0.5) is 0 Å². The van der Waals surface area contributed by atoms with Crippen LogP contribution in [0.2, 0.25) is 0 Å². The van der Waals surface area contributed by atoms with E-state index in [4.69, 9.17) is 4.42 Å². The number of aromatic nitrogens is 1. The second-order valence-electron chi connectivity index (χ2n) is 6.08. The van der Waals surface area contributed by atoms with E-state index in [0.717, 1.165) is 16.3 Å². The topological polar surface area (TPSA) is 69.0 Å². The molecular weight excluding hydrogens is 312 g/mol. The molecule has 23 heavy (non-hydrogen) atoms. The van der Waals surface area contributed by atoms with Crippen LogP contribution in [0.1, 0.15) is 16.1 Å². The first-order valence-electron chi connectivity index (χ1n) is 7.42. The number of hydrogen-bond acceptors (Lipinski definition) is 4. The Morgan fingerprint density at radius 2 is 2.09 bits per heavy atom. The van der Waals surface area contributed by atoms with E-state index in [1.165, 1.54) is 11.2 Å². The summed E-state index contributed by atoms with van der Waals surface area (Å²) in [4.78, 5) is 17.2. The van der Waals surface area contributed by atoms with E-state index in [9.17, 15) is 9.90 Å². The van der Waals surface area contributed by atoms with Gasteiger partial charge < -0.3 is 14.4 Å². The highest BCUT2D eigenvalue weighted by Gasteiger charge is 2.20. The fourth-order valence-corrected chi connectivity index (χ4v) is 3.37. The van der Waals surface area contributed by atoms with Gasteiger partial charge in [0.15, 0.2) is 0 Å². The quantitative estimate of drug-likeness (QED) is 0.760. The van der Waals surface area contributed by atoms with Gasteiger partial charge in [-0.2, -0.15) is 4.98 Å². The van der Waals surface area contributed by atoms with E-state index in [2.05, 4.69) is 4.98 Å². The Hall–Kier alpha value is -2.18. The van der Waals surface area contributed by atoms with Crippen LogP contribution in [0.5, 0.6) is 5.75 Å². The molecule has 0 saturated heterocycles. The number of hydrogen-bond donors (Lipinski definition) is 2. The number of thiazole rings is 1. The van der Waals surface area contributed by atoms with Crippen molar-refractivity contribution in [3.8, 4) is 17.0 Å². The third-order valence-corrected chi connectivity index (χ3v) is 4.65. The van der Waals surface area contributed by atoms with E-state index in [1.54, 1.807) is 24.3 Å². The van der Waals surface area contributed by atoms with Crippen LogP contribution in [0.15, 0.2) is 26.9 Å². The highest BCUT2D eigenvalue weighted by Crippen LogP contribution is 2.30. The Morgan fingerprint density at radius 3 is 2.70 bits per heavy atom. The fraction of sp³-hybridized carbons (Fsp3) is 0.294. The van der Waals surface area contributed by atoms with Crippen LogP contribution in [0.25, 0.3) is 22.2 Å². The van der Waals surface area contributed by atoms with Crippen molar-refractivity contribution in [1.29, 1.82) is 0 Å². The molecule has 0 amide bonds. The van der Waals surface area contributed by atoms with Crippen LogP contribution in [-0.2, 0) is 6.54 Å². The maximum Gasteiger partial charge on any atom is 0.232 e. The monoisotopic (exact) mass is 332 g/mol. The lowest BCUT2D eigenvalue weighted by Crippen LogP contribution is -3.04. The van der Waals surface area contributed by atoms with Crippen molar-refractivity contribution in [3.05, 3.63) is 44.1 Å². The molecule has 5 nitrogen and oxygen atoms in total. The van der Waals surface area contributed by atoms with E-state index in [0.29, 0.717) is 28.6 Å². The third kappa shape index (κ3) is 2.75. The molecule has 3 rings (SSSR count). The van der Waals surface area contributed by atoms with Crippen molar-refractivity contribution in [2.45, 2.75) is 20.4 Å². The normalized spacial score (nSPS) is 11.5. The largest absolute Gasteiger partial charge is 0.507 e. The van der Waals surface area contributed by atoms with Gasteiger partial charge in [-0.3, -0.25) is 4.79 Å². The van der Waals surface area contributed by atoms with Gasteiger partial charge >= 0.3 is 0 Å². The molecule has 2 heterocycles. The SMILES string of the molecule is Cc1[nH+]c(-c2coc3c(C)c(O)c(C[NH+](C)C)cc3c2=O)cs1. The molecule has 0 unspecified atom stereocenters. The van der Waals surface area contributed by atoms with Gasteiger partial charge in [-0.05, 0) is 13.0 Å². The summed E-state index contributed by atoms with van der Waals surface area (Å²) in [5, 5.41) is 13.8. The van der Waals surface area contributed by atoms with Gasteiger partial charge in [-0.1, -0.05) is 11.3 Å². The second kappa shape index (κ2) is 5.79. The van der Waals surface area contributed by atoms with Gasteiger partial charge in [0, 0.05) is 18.1 Å². The van der Waals surface area contributed by atoms with E-state index < -0.39 is 0 Å². The van der Waals surface area contributed by atoms with Crippen molar-refractivity contribution in [1.82, 2.24) is 0 Å². The minimum absolute atomic E-state index is 0.0848. The van der Waals surface area contributed by atoms with Gasteiger partial charge in [-0.15, -0.1) is 0 Å². The highest BCUT2D eigenvalue weighted by atomic mass is 32.1. The maximum atomic E-state index is 12.9. The van der Waals surface area contributed by atoms with E-state index in [-0.39, 0.29) is 11.2 Å². The molecule has 0 atom stereocenters. The number of aromatic amines is 1. The maximum absolute atomic E-state index is 12.9. The zero-order chi connectivity index (χ0) is 16.7.